The molecule has 1 aromatic carbocycles. The van der Waals surface area contributed by atoms with Gasteiger partial charge in [0.05, 0.1) is 0 Å². The molecule has 2 rings (SSSR count). The molecule has 0 heterocycles. The maximum Gasteiger partial charge on any atom is 0.0415 e. The summed E-state index contributed by atoms with van der Waals surface area (Å²) in [6.45, 7) is 7.83. The minimum Gasteiger partial charge on any atom is -0.319 e. The number of nitrogens with zero attached hydrogens (tertiary/aromatic N) is 1. The van der Waals surface area contributed by atoms with E-state index >= 15 is 0 Å². The lowest BCUT2D eigenvalue weighted by Gasteiger charge is -2.35. The van der Waals surface area contributed by atoms with Gasteiger partial charge >= 0.3 is 0 Å². The van der Waals surface area contributed by atoms with Crippen LogP contribution in [0.15, 0.2) is 12.1 Å². The van der Waals surface area contributed by atoms with Crippen LogP contribution in [0, 0.1) is 26.2 Å². The number of rotatable bonds is 5. The SMILES string of the molecule is CNCC1(C(c2c(C)cc(C)cc2C)N(C)C)CC1. The molecule has 0 spiro atoms. The second-order valence-electron chi connectivity index (χ2n) is 6.57. The van der Waals surface area contributed by atoms with Crippen LogP contribution in [0.5, 0.6) is 0 Å². The minimum absolute atomic E-state index is 0.434. The fourth-order valence-corrected chi connectivity index (χ4v) is 3.79. The molecule has 1 atom stereocenters. The zero-order chi connectivity index (χ0) is 14.2. The molecule has 2 heteroatoms. The van der Waals surface area contributed by atoms with Crippen molar-refractivity contribution in [2.24, 2.45) is 5.41 Å². The highest BCUT2D eigenvalue weighted by Gasteiger charge is 2.50. The lowest BCUT2D eigenvalue weighted by atomic mass is 9.83. The maximum atomic E-state index is 3.40. The predicted octanol–water partition coefficient (Wildman–Crippen LogP) is 3.21. The Morgan fingerprint density at radius 2 is 1.68 bits per heavy atom. The van der Waals surface area contributed by atoms with Crippen LogP contribution in [0.3, 0.4) is 0 Å². The molecule has 2 nitrogen and oxygen atoms in total. The first-order valence-corrected chi connectivity index (χ1v) is 7.30. The largest absolute Gasteiger partial charge is 0.319 e. The van der Waals surface area contributed by atoms with Gasteiger partial charge in [0, 0.05) is 18.0 Å². The molecule has 1 aliphatic rings. The third-order valence-electron chi connectivity index (χ3n) is 4.53. The van der Waals surface area contributed by atoms with Gasteiger partial charge in [-0.15, -0.1) is 0 Å². The van der Waals surface area contributed by atoms with Crippen molar-refractivity contribution >= 4 is 0 Å². The van der Waals surface area contributed by atoms with Gasteiger partial charge in [-0.25, -0.2) is 0 Å². The van der Waals surface area contributed by atoms with Crippen molar-refractivity contribution in [1.82, 2.24) is 10.2 Å². The molecule has 0 aromatic heterocycles. The zero-order valence-corrected chi connectivity index (χ0v) is 13.3. The second-order valence-corrected chi connectivity index (χ2v) is 6.57. The van der Waals surface area contributed by atoms with E-state index in [1.165, 1.54) is 29.5 Å². The average Bonchev–Trinajstić information content (AvgIpc) is 3.03. The first kappa shape index (κ1) is 14.5. The molecule has 1 aromatic rings. The molecular weight excluding hydrogens is 232 g/mol. The van der Waals surface area contributed by atoms with E-state index in [9.17, 15) is 0 Å². The van der Waals surface area contributed by atoms with Crippen LogP contribution in [0.2, 0.25) is 0 Å². The highest BCUT2D eigenvalue weighted by molar-refractivity contribution is 5.41. The normalized spacial score (nSPS) is 18.7. The minimum atomic E-state index is 0.434. The van der Waals surface area contributed by atoms with Gasteiger partial charge < -0.3 is 10.2 Å². The summed E-state index contributed by atoms with van der Waals surface area (Å²) >= 11 is 0. The van der Waals surface area contributed by atoms with Crippen molar-refractivity contribution in [2.75, 3.05) is 27.7 Å². The third kappa shape index (κ3) is 2.70. The lowest BCUT2D eigenvalue weighted by molar-refractivity contribution is 0.190. The fourth-order valence-electron chi connectivity index (χ4n) is 3.79. The molecule has 19 heavy (non-hydrogen) atoms. The summed E-state index contributed by atoms with van der Waals surface area (Å²) in [4.78, 5) is 2.41. The van der Waals surface area contributed by atoms with E-state index in [2.05, 4.69) is 64.3 Å². The van der Waals surface area contributed by atoms with Crippen molar-refractivity contribution in [1.29, 1.82) is 0 Å². The highest BCUT2D eigenvalue weighted by Crippen LogP contribution is 2.57. The Labute approximate surface area is 118 Å². The number of hydrogen-bond donors (Lipinski definition) is 1. The van der Waals surface area contributed by atoms with E-state index < -0.39 is 0 Å². The molecule has 0 saturated heterocycles. The summed E-state index contributed by atoms with van der Waals surface area (Å²) in [7, 11) is 6.51. The zero-order valence-electron chi connectivity index (χ0n) is 13.3. The summed E-state index contributed by atoms with van der Waals surface area (Å²) in [5, 5.41) is 3.40. The number of aryl methyl sites for hydroxylation is 3. The van der Waals surface area contributed by atoms with E-state index in [1.54, 1.807) is 5.56 Å². The molecule has 0 radical (unpaired) electrons. The monoisotopic (exact) mass is 260 g/mol. The number of nitrogens with one attached hydrogen (secondary N) is 1. The van der Waals surface area contributed by atoms with Crippen LogP contribution in [0.4, 0.5) is 0 Å². The summed E-state index contributed by atoms with van der Waals surface area (Å²) in [6, 6.07) is 5.18. The summed E-state index contributed by atoms with van der Waals surface area (Å²) in [5.41, 5.74) is 6.23. The van der Waals surface area contributed by atoms with Crippen LogP contribution < -0.4 is 5.32 Å². The van der Waals surface area contributed by atoms with Crippen molar-refractivity contribution < 1.29 is 0 Å². The van der Waals surface area contributed by atoms with Crippen molar-refractivity contribution in [2.45, 2.75) is 39.7 Å². The fraction of sp³-hybridized carbons (Fsp3) is 0.647. The van der Waals surface area contributed by atoms with Crippen molar-refractivity contribution in [3.63, 3.8) is 0 Å². The van der Waals surface area contributed by atoms with Gasteiger partial charge in [-0.05, 0) is 71.4 Å². The second kappa shape index (κ2) is 5.26. The van der Waals surface area contributed by atoms with Crippen LogP contribution in [-0.4, -0.2) is 32.6 Å². The van der Waals surface area contributed by atoms with E-state index in [0.29, 0.717) is 11.5 Å². The Bertz CT molecular complexity index is 435. The van der Waals surface area contributed by atoms with Gasteiger partial charge in [0.1, 0.15) is 0 Å². The van der Waals surface area contributed by atoms with E-state index in [-0.39, 0.29) is 0 Å². The average molecular weight is 260 g/mol. The molecule has 0 aliphatic heterocycles. The van der Waals surface area contributed by atoms with Crippen LogP contribution >= 0.6 is 0 Å². The first-order chi connectivity index (χ1) is 8.91. The van der Waals surface area contributed by atoms with Gasteiger partial charge in [-0.3, -0.25) is 0 Å². The molecule has 1 fully saturated rings. The van der Waals surface area contributed by atoms with E-state index in [0.717, 1.165) is 6.54 Å². The Morgan fingerprint density at radius 1 is 1.16 bits per heavy atom. The summed E-state index contributed by atoms with van der Waals surface area (Å²) < 4.78 is 0. The Kier molecular flexibility index (Phi) is 4.03. The van der Waals surface area contributed by atoms with Crippen LogP contribution in [0.1, 0.15) is 41.1 Å². The van der Waals surface area contributed by atoms with Crippen molar-refractivity contribution in [3.05, 3.63) is 34.4 Å². The van der Waals surface area contributed by atoms with Gasteiger partial charge in [0.25, 0.3) is 0 Å². The lowest BCUT2D eigenvalue weighted by Crippen LogP contribution is -2.35. The molecule has 106 valence electrons. The smallest absolute Gasteiger partial charge is 0.0415 e. The van der Waals surface area contributed by atoms with Crippen molar-refractivity contribution in [3.8, 4) is 0 Å². The predicted molar refractivity (Wildman–Crippen MR) is 82.7 cm³/mol. The van der Waals surface area contributed by atoms with Crippen LogP contribution in [-0.2, 0) is 0 Å². The van der Waals surface area contributed by atoms with E-state index in [4.69, 9.17) is 0 Å². The highest BCUT2D eigenvalue weighted by atomic mass is 15.1. The maximum absolute atomic E-state index is 3.40. The number of benzene rings is 1. The Hall–Kier alpha value is -0.860. The number of hydrogen-bond acceptors (Lipinski definition) is 2. The molecule has 1 saturated carbocycles. The topological polar surface area (TPSA) is 15.3 Å². The molecule has 0 bridgehead atoms. The van der Waals surface area contributed by atoms with E-state index in [1.807, 2.05) is 0 Å². The quantitative estimate of drug-likeness (QED) is 0.874. The van der Waals surface area contributed by atoms with Gasteiger partial charge in [-0.1, -0.05) is 17.7 Å². The first-order valence-electron chi connectivity index (χ1n) is 7.30. The summed E-state index contributed by atoms with van der Waals surface area (Å²) in [6.07, 6.45) is 2.67. The van der Waals surface area contributed by atoms with Gasteiger partial charge in [-0.2, -0.15) is 0 Å². The Balaban J connectivity index is 2.46. The summed E-state index contributed by atoms with van der Waals surface area (Å²) in [5.74, 6) is 0. The molecule has 1 unspecified atom stereocenters. The molecule has 0 amide bonds. The standard InChI is InChI=1S/C17H28N2/c1-12-9-13(2)15(14(3)10-12)16(19(5)6)17(7-8-17)11-18-4/h9-10,16,18H,7-8,11H2,1-6H3. The third-order valence-corrected chi connectivity index (χ3v) is 4.53. The van der Waals surface area contributed by atoms with Gasteiger partial charge in [0.15, 0.2) is 0 Å². The molecule has 1 aliphatic carbocycles. The van der Waals surface area contributed by atoms with Crippen LogP contribution in [0.25, 0.3) is 0 Å². The molecule has 1 N–H and O–H groups in total. The Morgan fingerprint density at radius 3 is 2.05 bits per heavy atom. The molecular formula is C17H28N2. The van der Waals surface area contributed by atoms with Gasteiger partial charge in [0.2, 0.25) is 0 Å².